The van der Waals surface area contributed by atoms with E-state index in [4.69, 9.17) is 24.3 Å². The molecule has 1 atom stereocenters. The van der Waals surface area contributed by atoms with E-state index in [1.165, 1.54) is 5.48 Å². The highest BCUT2D eigenvalue weighted by molar-refractivity contribution is 7.73. The smallest absolute Gasteiger partial charge is 0.243 e. The number of rotatable bonds is 3. The number of amides is 2. The van der Waals surface area contributed by atoms with Crippen LogP contribution < -0.4 is 11.2 Å². The van der Waals surface area contributed by atoms with Crippen LogP contribution in [0.5, 0.6) is 0 Å². The van der Waals surface area contributed by atoms with Crippen LogP contribution in [0.15, 0.2) is 0 Å². The molecule has 0 aromatic heterocycles. The van der Waals surface area contributed by atoms with Crippen molar-refractivity contribution in [3.63, 3.8) is 0 Å². The highest BCUT2D eigenvalue weighted by Crippen LogP contribution is 1.84. The van der Waals surface area contributed by atoms with Gasteiger partial charge in [0.25, 0.3) is 0 Å². The predicted octanol–water partition coefficient (Wildman–Crippen LogP) is -1.90. The molecule has 0 rings (SSSR count). The summed E-state index contributed by atoms with van der Waals surface area (Å²) in [6.45, 7) is 0. The first-order chi connectivity index (χ1) is 5.90. The van der Waals surface area contributed by atoms with Crippen molar-refractivity contribution >= 4 is 23.2 Å². The van der Waals surface area contributed by atoms with E-state index in [0.717, 1.165) is 0 Å². The molecule has 0 saturated heterocycles. The normalized spacial score (nSPS) is 10.7. The monoisotopic (exact) mass is 213 g/mol. The van der Waals surface area contributed by atoms with Crippen molar-refractivity contribution in [2.24, 2.45) is 5.73 Å². The molecule has 0 aromatic rings. The summed E-state index contributed by atoms with van der Waals surface area (Å²) in [7, 11) is 0. The van der Waals surface area contributed by atoms with Crippen LogP contribution in [0.25, 0.3) is 0 Å². The van der Waals surface area contributed by atoms with Crippen molar-refractivity contribution < 1.29 is 28.1 Å². The van der Waals surface area contributed by atoms with E-state index in [0.29, 0.717) is 0 Å². The highest BCUT2D eigenvalue weighted by Gasteiger charge is 2.00. The Hall–Kier alpha value is -1.03. The molecule has 13 heavy (non-hydrogen) atoms. The van der Waals surface area contributed by atoms with Crippen LogP contribution in [-0.2, 0) is 21.0 Å². The number of carbonyl (C=O) groups is 2. The predicted molar refractivity (Wildman–Crippen MR) is 39.9 cm³/mol. The lowest BCUT2D eigenvalue weighted by molar-refractivity contribution is -0.131. The number of hydrogen-bond donors (Lipinski definition) is 4. The number of carbonyl (C=O) groups excluding carboxylic acids is 2. The molecule has 0 aromatic carbocycles. The third-order valence-corrected chi connectivity index (χ3v) is 0.723. The maximum absolute atomic E-state index is 10.1. The van der Waals surface area contributed by atoms with E-state index in [-0.39, 0.29) is 12.8 Å². The average molecular weight is 213 g/mol. The summed E-state index contributed by atoms with van der Waals surface area (Å²) >= 11 is -2.86. The molecule has 9 heteroatoms. The van der Waals surface area contributed by atoms with Gasteiger partial charge >= 0.3 is 0 Å². The maximum Gasteiger partial charge on any atom is 0.243 e. The Bertz CT molecular complexity index is 191. The number of nitrogens with one attached hydrogen (secondary N) is 1. The second kappa shape index (κ2) is 9.06. The van der Waals surface area contributed by atoms with Gasteiger partial charge in [0.15, 0.2) is 0 Å². The van der Waals surface area contributed by atoms with Crippen LogP contribution in [0.4, 0.5) is 0 Å². The lowest BCUT2D eigenvalue weighted by Gasteiger charge is -1.92. The summed E-state index contributed by atoms with van der Waals surface area (Å²) in [5, 5.41) is 7.90. The Morgan fingerprint density at radius 3 is 2.08 bits per heavy atom. The van der Waals surface area contributed by atoms with Gasteiger partial charge in [0, 0.05) is 12.8 Å². The van der Waals surface area contributed by atoms with Crippen molar-refractivity contribution in [3.05, 3.63) is 0 Å². The zero-order valence-corrected chi connectivity index (χ0v) is 7.24. The lowest BCUT2D eigenvalue weighted by atomic mass is 10.3. The summed E-state index contributed by atoms with van der Waals surface area (Å²) in [6.07, 6.45) is -0.0990. The largest absolute Gasteiger partial charge is 0.750 e. The van der Waals surface area contributed by atoms with Gasteiger partial charge in [-0.15, -0.1) is 0 Å². The quantitative estimate of drug-likeness (QED) is 0.244. The van der Waals surface area contributed by atoms with Crippen molar-refractivity contribution in [3.8, 4) is 0 Å². The van der Waals surface area contributed by atoms with Gasteiger partial charge in [-0.25, -0.2) is 9.69 Å². The zero-order chi connectivity index (χ0) is 10.9. The Labute approximate surface area is 76.2 Å². The molecule has 2 amide bonds. The Balaban J connectivity index is 0. The molecule has 0 aliphatic carbocycles. The number of hydroxylamine groups is 1. The summed E-state index contributed by atoms with van der Waals surface area (Å²) in [5.41, 5.74) is 6.07. The molecule has 1 unspecified atom stereocenters. The minimum Gasteiger partial charge on any atom is -0.750 e. The Morgan fingerprint density at radius 1 is 1.46 bits per heavy atom. The second-order valence-corrected chi connectivity index (χ2v) is 2.15. The van der Waals surface area contributed by atoms with Crippen LogP contribution in [0.1, 0.15) is 12.8 Å². The summed E-state index contributed by atoms with van der Waals surface area (Å²) in [5.74, 6) is -1.16. The summed E-state index contributed by atoms with van der Waals surface area (Å²) < 4.78 is 24.1. The average Bonchev–Trinajstić information content (AvgIpc) is 1.99. The van der Waals surface area contributed by atoms with Gasteiger partial charge in [0.2, 0.25) is 11.8 Å². The molecular weight excluding hydrogens is 204 g/mol. The molecule has 0 aliphatic heterocycles. The van der Waals surface area contributed by atoms with Crippen LogP contribution in [-0.4, -0.2) is 30.3 Å². The number of primary amides is 1. The SMILES string of the molecule is NC(=O)CCC(=O)NO.O=S([O-])O. The third-order valence-electron chi connectivity index (χ3n) is 0.723. The summed E-state index contributed by atoms with van der Waals surface area (Å²) in [4.78, 5) is 20.1. The first kappa shape index (κ1) is 14.5. The fourth-order valence-corrected chi connectivity index (χ4v) is 0.293. The van der Waals surface area contributed by atoms with E-state index < -0.39 is 23.2 Å². The van der Waals surface area contributed by atoms with Crippen molar-refractivity contribution in [2.75, 3.05) is 0 Å². The Kier molecular flexibility index (Phi) is 10.1. The van der Waals surface area contributed by atoms with Crippen LogP contribution in [0.2, 0.25) is 0 Å². The van der Waals surface area contributed by atoms with Gasteiger partial charge in [-0.3, -0.25) is 14.8 Å². The molecular formula is C4H9N2O6S-. The van der Waals surface area contributed by atoms with Crippen molar-refractivity contribution in [1.82, 2.24) is 5.48 Å². The van der Waals surface area contributed by atoms with Gasteiger partial charge in [0.05, 0.1) is 11.4 Å². The Morgan fingerprint density at radius 2 is 1.85 bits per heavy atom. The zero-order valence-electron chi connectivity index (χ0n) is 6.43. The van der Waals surface area contributed by atoms with Crippen LogP contribution >= 0.6 is 0 Å². The van der Waals surface area contributed by atoms with E-state index in [1.807, 2.05) is 0 Å². The molecule has 0 fully saturated rings. The first-order valence-electron chi connectivity index (χ1n) is 2.89. The molecule has 0 aliphatic rings. The van der Waals surface area contributed by atoms with Crippen LogP contribution in [0, 0.1) is 0 Å². The van der Waals surface area contributed by atoms with Crippen LogP contribution in [0.3, 0.4) is 0 Å². The van der Waals surface area contributed by atoms with Gasteiger partial charge in [-0.05, 0) is 0 Å². The fourth-order valence-electron chi connectivity index (χ4n) is 0.293. The van der Waals surface area contributed by atoms with Gasteiger partial charge in [-0.1, -0.05) is 0 Å². The molecule has 78 valence electrons. The molecule has 5 N–H and O–H groups in total. The minimum absolute atomic E-state index is 0.0353. The molecule has 0 heterocycles. The van der Waals surface area contributed by atoms with Gasteiger partial charge < -0.3 is 14.8 Å². The number of nitrogens with two attached hydrogens (primary N) is 1. The first-order valence-corrected chi connectivity index (χ1v) is 3.93. The molecule has 0 bridgehead atoms. The molecule has 0 saturated carbocycles. The maximum atomic E-state index is 10.1. The fraction of sp³-hybridized carbons (Fsp3) is 0.500. The second-order valence-electron chi connectivity index (χ2n) is 1.72. The van der Waals surface area contributed by atoms with E-state index in [2.05, 4.69) is 0 Å². The number of hydrogen-bond acceptors (Lipinski definition) is 5. The van der Waals surface area contributed by atoms with E-state index >= 15 is 0 Å². The van der Waals surface area contributed by atoms with Crippen molar-refractivity contribution in [2.45, 2.75) is 12.8 Å². The topological polar surface area (TPSA) is 153 Å². The third kappa shape index (κ3) is 24.8. The highest BCUT2D eigenvalue weighted by atomic mass is 32.2. The van der Waals surface area contributed by atoms with Crippen molar-refractivity contribution in [1.29, 1.82) is 0 Å². The van der Waals surface area contributed by atoms with Gasteiger partial charge in [-0.2, -0.15) is 0 Å². The van der Waals surface area contributed by atoms with E-state index in [9.17, 15) is 9.59 Å². The van der Waals surface area contributed by atoms with Gasteiger partial charge in [0.1, 0.15) is 0 Å². The minimum atomic E-state index is -2.86. The molecule has 0 spiro atoms. The lowest BCUT2D eigenvalue weighted by Crippen LogP contribution is -2.21. The standard InChI is InChI=1S/C4H8N2O3.H2O3S/c5-3(7)1-2-4(8)6-9;1-4(2)3/h9H,1-2H2,(H2,5,7)(H,6,8);(H2,1,2,3)/p-1. The summed E-state index contributed by atoms with van der Waals surface area (Å²) in [6, 6.07) is 0. The molecule has 8 nitrogen and oxygen atoms in total. The molecule has 0 radical (unpaired) electrons. The van der Waals surface area contributed by atoms with E-state index in [1.54, 1.807) is 0 Å².